The fourth-order valence-corrected chi connectivity index (χ4v) is 3.58. The van der Waals surface area contributed by atoms with Crippen molar-refractivity contribution in [1.29, 1.82) is 0 Å². The van der Waals surface area contributed by atoms with Gasteiger partial charge in [-0.1, -0.05) is 56.7 Å². The molecule has 2 N–H and O–H groups in total. The van der Waals surface area contributed by atoms with Gasteiger partial charge in [0.05, 0.1) is 0 Å². The van der Waals surface area contributed by atoms with Crippen LogP contribution < -0.4 is 20.1 Å². The number of hydrogen-bond donors (Lipinski definition) is 2. The van der Waals surface area contributed by atoms with Gasteiger partial charge in [-0.2, -0.15) is 0 Å². The molecular weight excluding hydrogens is 456 g/mol. The van der Waals surface area contributed by atoms with E-state index in [0.717, 1.165) is 16.7 Å². The second-order valence-electron chi connectivity index (χ2n) is 9.59. The van der Waals surface area contributed by atoms with Crippen LogP contribution in [-0.4, -0.2) is 24.4 Å². The maximum absolute atomic E-state index is 12.6. The molecule has 0 unspecified atom stereocenters. The molecule has 3 rings (SSSR count). The summed E-state index contributed by atoms with van der Waals surface area (Å²) in [7, 11) is 0. The van der Waals surface area contributed by atoms with E-state index in [1.165, 1.54) is 13.0 Å². The topological polar surface area (TPSA) is 93.7 Å². The van der Waals surface area contributed by atoms with Crippen LogP contribution in [-0.2, 0) is 21.5 Å². The van der Waals surface area contributed by atoms with Gasteiger partial charge < -0.3 is 20.1 Å². The Bertz CT molecular complexity index is 1260. The third kappa shape index (κ3) is 7.70. The van der Waals surface area contributed by atoms with E-state index in [9.17, 15) is 14.4 Å². The molecule has 36 heavy (non-hydrogen) atoms. The van der Waals surface area contributed by atoms with Gasteiger partial charge in [-0.15, -0.1) is 0 Å². The largest absolute Gasteiger partial charge is 0.483 e. The van der Waals surface area contributed by atoms with Crippen LogP contribution in [0.1, 0.15) is 54.7 Å². The van der Waals surface area contributed by atoms with Crippen LogP contribution in [0.15, 0.2) is 66.7 Å². The summed E-state index contributed by atoms with van der Waals surface area (Å²) >= 11 is 0. The molecule has 0 aromatic heterocycles. The Kier molecular flexibility index (Phi) is 8.48. The van der Waals surface area contributed by atoms with Gasteiger partial charge in [0.2, 0.25) is 0 Å². The molecule has 2 amide bonds. The number of esters is 1. The number of hydrogen-bond acceptors (Lipinski definition) is 5. The number of benzene rings is 3. The first-order chi connectivity index (χ1) is 17.0. The molecule has 0 radical (unpaired) electrons. The average Bonchev–Trinajstić information content (AvgIpc) is 2.81. The first-order valence-electron chi connectivity index (χ1n) is 11.7. The lowest BCUT2D eigenvalue weighted by Crippen LogP contribution is -2.29. The average molecular weight is 489 g/mol. The normalized spacial score (nSPS) is 10.9. The summed E-state index contributed by atoms with van der Waals surface area (Å²) in [6.07, 6.45) is 0. The third-order valence-electron chi connectivity index (χ3n) is 5.33. The molecule has 0 spiro atoms. The van der Waals surface area contributed by atoms with E-state index >= 15 is 0 Å². The molecule has 0 bridgehead atoms. The van der Waals surface area contributed by atoms with Gasteiger partial charge in [-0.25, -0.2) is 0 Å². The second kappa shape index (κ2) is 11.5. The van der Waals surface area contributed by atoms with Crippen molar-refractivity contribution in [2.24, 2.45) is 0 Å². The Morgan fingerprint density at radius 1 is 0.917 bits per heavy atom. The predicted molar refractivity (Wildman–Crippen MR) is 139 cm³/mol. The quantitative estimate of drug-likeness (QED) is 0.337. The SMILES string of the molecule is CC(=O)Oc1cccc(C(=O)Nc2cccc(CNC(=O)COc3ccc(C)cc3C(C)(C)C)c2)c1. The molecule has 3 aromatic carbocycles. The number of carbonyl (C=O) groups excluding carboxylic acids is 3. The first kappa shape index (κ1) is 26.5. The number of nitrogens with one attached hydrogen (secondary N) is 2. The molecule has 7 nitrogen and oxygen atoms in total. The standard InChI is InChI=1S/C29H32N2O5/c1-19-12-13-26(25(14-19)29(3,4)5)35-18-27(33)30-17-21-8-6-10-23(15-21)31-28(34)22-9-7-11-24(16-22)36-20(2)32/h6-16H,17-18H2,1-5H3,(H,30,33)(H,31,34). The molecule has 7 heteroatoms. The number of carbonyl (C=O) groups is 3. The highest BCUT2D eigenvalue weighted by Crippen LogP contribution is 2.32. The predicted octanol–water partition coefficient (Wildman–Crippen LogP) is 5.17. The fourth-order valence-electron chi connectivity index (χ4n) is 3.58. The minimum Gasteiger partial charge on any atom is -0.483 e. The van der Waals surface area contributed by atoms with Gasteiger partial charge in [-0.3, -0.25) is 14.4 Å². The van der Waals surface area contributed by atoms with Gasteiger partial charge in [0, 0.05) is 24.7 Å². The number of amides is 2. The summed E-state index contributed by atoms with van der Waals surface area (Å²) in [5, 5.41) is 5.67. The van der Waals surface area contributed by atoms with Crippen molar-refractivity contribution in [1.82, 2.24) is 5.32 Å². The molecule has 0 atom stereocenters. The van der Waals surface area contributed by atoms with Crippen molar-refractivity contribution >= 4 is 23.5 Å². The van der Waals surface area contributed by atoms with Crippen molar-refractivity contribution < 1.29 is 23.9 Å². The first-order valence-corrected chi connectivity index (χ1v) is 11.7. The highest BCUT2D eigenvalue weighted by Gasteiger charge is 2.19. The summed E-state index contributed by atoms with van der Waals surface area (Å²) in [5.74, 6) is -0.0421. The van der Waals surface area contributed by atoms with E-state index in [0.29, 0.717) is 22.7 Å². The van der Waals surface area contributed by atoms with Crippen molar-refractivity contribution in [3.05, 3.63) is 89.0 Å². The zero-order chi connectivity index (χ0) is 26.3. The lowest BCUT2D eigenvalue weighted by Gasteiger charge is -2.23. The Hall–Kier alpha value is -4.13. The van der Waals surface area contributed by atoms with E-state index in [4.69, 9.17) is 9.47 Å². The monoisotopic (exact) mass is 488 g/mol. The van der Waals surface area contributed by atoms with E-state index in [-0.39, 0.29) is 30.4 Å². The van der Waals surface area contributed by atoms with Crippen LogP contribution in [0, 0.1) is 6.92 Å². The molecule has 3 aromatic rings. The molecule has 0 saturated carbocycles. The van der Waals surface area contributed by atoms with Crippen LogP contribution in [0.5, 0.6) is 11.5 Å². The highest BCUT2D eigenvalue weighted by molar-refractivity contribution is 6.04. The lowest BCUT2D eigenvalue weighted by atomic mass is 9.85. The van der Waals surface area contributed by atoms with Gasteiger partial charge in [0.15, 0.2) is 6.61 Å². The van der Waals surface area contributed by atoms with E-state index in [1.807, 2.05) is 25.1 Å². The maximum atomic E-state index is 12.6. The smallest absolute Gasteiger partial charge is 0.308 e. The summed E-state index contributed by atoms with van der Waals surface area (Å²) in [6.45, 7) is 9.84. The second-order valence-corrected chi connectivity index (χ2v) is 9.59. The summed E-state index contributed by atoms with van der Waals surface area (Å²) in [6, 6.07) is 19.5. The van der Waals surface area contributed by atoms with Crippen LogP contribution in [0.25, 0.3) is 0 Å². The summed E-state index contributed by atoms with van der Waals surface area (Å²) < 4.78 is 10.9. The third-order valence-corrected chi connectivity index (χ3v) is 5.33. The summed E-state index contributed by atoms with van der Waals surface area (Å²) in [5.41, 5.74) is 3.84. The van der Waals surface area contributed by atoms with Crippen LogP contribution in [0.2, 0.25) is 0 Å². The van der Waals surface area contributed by atoms with Crippen molar-refractivity contribution in [2.75, 3.05) is 11.9 Å². The van der Waals surface area contributed by atoms with Gasteiger partial charge in [0.25, 0.3) is 11.8 Å². The molecule has 0 saturated heterocycles. The number of ether oxygens (including phenoxy) is 2. The van der Waals surface area contributed by atoms with Crippen molar-refractivity contribution in [3.63, 3.8) is 0 Å². The molecule has 188 valence electrons. The maximum Gasteiger partial charge on any atom is 0.308 e. The van der Waals surface area contributed by atoms with E-state index in [2.05, 4.69) is 37.5 Å². The lowest BCUT2D eigenvalue weighted by molar-refractivity contribution is -0.131. The van der Waals surface area contributed by atoms with Gasteiger partial charge >= 0.3 is 5.97 Å². The van der Waals surface area contributed by atoms with E-state index < -0.39 is 5.97 Å². The minimum absolute atomic E-state index is 0.0960. The molecule has 0 aliphatic rings. The molecule has 0 aliphatic heterocycles. The Morgan fingerprint density at radius 3 is 2.39 bits per heavy atom. The zero-order valence-corrected chi connectivity index (χ0v) is 21.3. The van der Waals surface area contributed by atoms with Gasteiger partial charge in [0.1, 0.15) is 11.5 Å². The van der Waals surface area contributed by atoms with Gasteiger partial charge in [-0.05, 0) is 59.9 Å². The fraction of sp³-hybridized carbons (Fsp3) is 0.276. The number of anilines is 1. The Labute approximate surface area is 211 Å². The summed E-state index contributed by atoms with van der Waals surface area (Å²) in [4.78, 5) is 36.2. The van der Waals surface area contributed by atoms with Crippen molar-refractivity contribution in [2.45, 2.75) is 46.6 Å². The number of rotatable bonds is 8. The van der Waals surface area contributed by atoms with Crippen LogP contribution in [0.3, 0.4) is 0 Å². The molecule has 0 aliphatic carbocycles. The minimum atomic E-state index is -0.457. The van der Waals surface area contributed by atoms with Crippen LogP contribution in [0.4, 0.5) is 5.69 Å². The molecule has 0 heterocycles. The Morgan fingerprint density at radius 2 is 1.67 bits per heavy atom. The van der Waals surface area contributed by atoms with Crippen LogP contribution >= 0.6 is 0 Å². The van der Waals surface area contributed by atoms with E-state index in [1.54, 1.807) is 36.4 Å². The zero-order valence-electron chi connectivity index (χ0n) is 21.3. The van der Waals surface area contributed by atoms with Crippen molar-refractivity contribution in [3.8, 4) is 11.5 Å². The molecule has 0 fully saturated rings. The highest BCUT2D eigenvalue weighted by atomic mass is 16.5. The number of aryl methyl sites for hydroxylation is 1. The molecular formula is C29H32N2O5. The Balaban J connectivity index is 1.56.